The lowest BCUT2D eigenvalue weighted by atomic mass is 9.93. The fraction of sp³-hybridized carbons (Fsp3) is 0.833. The molecule has 1 aliphatic heterocycles. The van der Waals surface area contributed by atoms with Crippen molar-refractivity contribution in [3.63, 3.8) is 0 Å². The minimum atomic E-state index is -0.802. The van der Waals surface area contributed by atoms with Gasteiger partial charge in [-0.1, -0.05) is 33.1 Å². The maximum absolute atomic E-state index is 12.4. The molecule has 0 spiro atoms. The summed E-state index contributed by atoms with van der Waals surface area (Å²) >= 11 is 0. The van der Waals surface area contributed by atoms with Crippen LogP contribution in [-0.4, -0.2) is 62.2 Å². The van der Waals surface area contributed by atoms with Crippen molar-refractivity contribution in [1.29, 1.82) is 0 Å². The summed E-state index contributed by atoms with van der Waals surface area (Å²) in [4.78, 5) is 36.3. The summed E-state index contributed by atoms with van der Waals surface area (Å²) in [5, 5.41) is 5.13. The highest BCUT2D eigenvalue weighted by Gasteiger charge is 2.50. The molecule has 9 nitrogen and oxygen atoms in total. The standard InChI is InChI=1S/C15H28N4O5.C3H6/c1-9(2)5-10(13(21)15(3)8-24-15)18-12(20)6-17-14(22)11(19-16)7-23-4;1-2-3-1/h9-11,19H,5-8,16H2,1-4H3,(H,17,22)(H,18,20);1-3H2/t10-,11?,15?;/m0./s1. The van der Waals surface area contributed by atoms with Crippen LogP contribution in [0.2, 0.25) is 0 Å². The van der Waals surface area contributed by atoms with Gasteiger partial charge in [0, 0.05) is 7.11 Å². The maximum atomic E-state index is 12.4. The third kappa shape index (κ3) is 9.28. The first-order chi connectivity index (χ1) is 12.7. The van der Waals surface area contributed by atoms with Crippen LogP contribution in [-0.2, 0) is 23.9 Å². The molecule has 1 saturated heterocycles. The molecule has 3 atom stereocenters. The number of hydrogen-bond donors (Lipinski definition) is 4. The van der Waals surface area contributed by atoms with Gasteiger partial charge in [-0.05, 0) is 19.3 Å². The van der Waals surface area contributed by atoms with E-state index in [1.165, 1.54) is 26.4 Å². The van der Waals surface area contributed by atoms with Gasteiger partial charge in [0.25, 0.3) is 0 Å². The number of nitrogens with one attached hydrogen (secondary N) is 3. The van der Waals surface area contributed by atoms with Gasteiger partial charge in [-0.15, -0.1) is 0 Å². The van der Waals surface area contributed by atoms with E-state index in [0.717, 1.165) is 0 Å². The van der Waals surface area contributed by atoms with E-state index in [0.29, 0.717) is 13.0 Å². The van der Waals surface area contributed by atoms with Gasteiger partial charge in [-0.2, -0.15) is 0 Å². The van der Waals surface area contributed by atoms with Crippen LogP contribution in [0, 0.1) is 5.92 Å². The molecule has 0 bridgehead atoms. The van der Waals surface area contributed by atoms with Crippen LogP contribution in [0.1, 0.15) is 46.5 Å². The molecule has 1 aliphatic carbocycles. The Morgan fingerprint density at radius 2 is 1.78 bits per heavy atom. The van der Waals surface area contributed by atoms with Crippen molar-refractivity contribution in [2.45, 2.75) is 64.1 Å². The minimum absolute atomic E-state index is 0.0775. The molecule has 0 radical (unpaired) electrons. The smallest absolute Gasteiger partial charge is 0.241 e. The number of ketones is 1. The largest absolute Gasteiger partial charge is 0.382 e. The summed E-state index contributed by atoms with van der Waals surface area (Å²) < 4.78 is 10.0. The third-order valence-electron chi connectivity index (χ3n) is 4.09. The first-order valence-corrected chi connectivity index (χ1v) is 9.44. The highest BCUT2D eigenvalue weighted by Crippen LogP contribution is 2.29. The van der Waals surface area contributed by atoms with Gasteiger partial charge in [-0.25, -0.2) is 5.43 Å². The highest BCUT2D eigenvalue weighted by molar-refractivity contribution is 5.97. The van der Waals surface area contributed by atoms with Crippen LogP contribution in [0.5, 0.6) is 0 Å². The van der Waals surface area contributed by atoms with E-state index in [9.17, 15) is 14.4 Å². The molecule has 2 amide bonds. The van der Waals surface area contributed by atoms with E-state index in [-0.39, 0.29) is 24.9 Å². The van der Waals surface area contributed by atoms with E-state index >= 15 is 0 Å². The number of carbonyl (C=O) groups excluding carboxylic acids is 3. The van der Waals surface area contributed by atoms with Crippen LogP contribution in [0.4, 0.5) is 0 Å². The van der Waals surface area contributed by atoms with Gasteiger partial charge in [-0.3, -0.25) is 20.2 Å². The Balaban J connectivity index is 0.00000110. The van der Waals surface area contributed by atoms with E-state index in [1.54, 1.807) is 6.92 Å². The van der Waals surface area contributed by atoms with Crippen LogP contribution in [0.25, 0.3) is 0 Å². The molecule has 1 saturated carbocycles. The van der Waals surface area contributed by atoms with Gasteiger partial charge < -0.3 is 20.1 Å². The molecular weight excluding hydrogens is 352 g/mol. The van der Waals surface area contributed by atoms with Gasteiger partial charge in [0.15, 0.2) is 5.78 Å². The molecule has 156 valence electrons. The Labute approximate surface area is 161 Å². The molecule has 0 aromatic carbocycles. The van der Waals surface area contributed by atoms with Crippen molar-refractivity contribution in [2.75, 3.05) is 26.9 Å². The molecule has 2 aliphatic rings. The van der Waals surface area contributed by atoms with Crippen molar-refractivity contribution in [3.8, 4) is 0 Å². The van der Waals surface area contributed by atoms with E-state index in [2.05, 4.69) is 16.1 Å². The van der Waals surface area contributed by atoms with Crippen LogP contribution in [0.3, 0.4) is 0 Å². The Morgan fingerprint density at radius 3 is 2.19 bits per heavy atom. The molecule has 27 heavy (non-hydrogen) atoms. The molecule has 9 heteroatoms. The summed E-state index contributed by atoms with van der Waals surface area (Å²) in [7, 11) is 1.44. The van der Waals surface area contributed by atoms with Crippen LogP contribution in [0.15, 0.2) is 0 Å². The number of rotatable bonds is 11. The summed E-state index contributed by atoms with van der Waals surface area (Å²) in [6, 6.07) is -1.39. The molecule has 2 unspecified atom stereocenters. The van der Waals surface area contributed by atoms with Crippen molar-refractivity contribution in [2.24, 2.45) is 11.8 Å². The highest BCUT2D eigenvalue weighted by atomic mass is 16.6. The van der Waals surface area contributed by atoms with Gasteiger partial charge in [0.05, 0.1) is 25.8 Å². The number of Topliss-reactive ketones (excluding diaryl/α,β-unsaturated/α-hetero) is 1. The zero-order valence-electron chi connectivity index (χ0n) is 16.8. The number of nitrogens with two attached hydrogens (primary N) is 1. The predicted molar refractivity (Wildman–Crippen MR) is 101 cm³/mol. The van der Waals surface area contributed by atoms with E-state index in [4.69, 9.17) is 15.3 Å². The topological polar surface area (TPSA) is 135 Å². The number of carbonyl (C=O) groups is 3. The Bertz CT molecular complexity index is 503. The van der Waals surface area contributed by atoms with Crippen molar-refractivity contribution < 1.29 is 23.9 Å². The van der Waals surface area contributed by atoms with Crippen molar-refractivity contribution >= 4 is 17.6 Å². The lowest BCUT2D eigenvalue weighted by Crippen LogP contribution is -2.53. The second-order valence-electron chi connectivity index (χ2n) is 7.59. The van der Waals surface area contributed by atoms with E-state index < -0.39 is 29.5 Å². The normalized spacial score (nSPS) is 22.1. The molecule has 5 N–H and O–H groups in total. The number of hydrazine groups is 1. The zero-order chi connectivity index (χ0) is 20.4. The van der Waals surface area contributed by atoms with Gasteiger partial charge >= 0.3 is 0 Å². The SMILES string of the molecule is C1CC1.COCC(NN)C(=O)NCC(=O)N[C@@H](CC(C)C)C(=O)C1(C)CO1. The number of methoxy groups -OCH3 is 1. The summed E-state index contributed by atoms with van der Waals surface area (Å²) in [6.07, 6.45) is 5.01. The average molecular weight is 386 g/mol. The second kappa shape index (κ2) is 11.3. The first kappa shape index (κ1) is 23.5. The van der Waals surface area contributed by atoms with Crippen molar-refractivity contribution in [1.82, 2.24) is 16.1 Å². The Morgan fingerprint density at radius 1 is 1.19 bits per heavy atom. The zero-order valence-corrected chi connectivity index (χ0v) is 16.8. The molecule has 0 aromatic rings. The summed E-state index contributed by atoms with van der Waals surface area (Å²) in [6.45, 7) is 5.83. The van der Waals surface area contributed by atoms with Crippen LogP contribution < -0.4 is 21.9 Å². The van der Waals surface area contributed by atoms with E-state index in [1.807, 2.05) is 13.8 Å². The van der Waals surface area contributed by atoms with Gasteiger partial charge in [0.1, 0.15) is 11.6 Å². The number of amides is 2. The lowest BCUT2D eigenvalue weighted by Gasteiger charge is -2.21. The second-order valence-corrected chi connectivity index (χ2v) is 7.59. The number of hydrogen-bond acceptors (Lipinski definition) is 7. The lowest BCUT2D eigenvalue weighted by molar-refractivity contribution is -0.131. The summed E-state index contributed by atoms with van der Waals surface area (Å²) in [5.41, 5.74) is 1.50. The first-order valence-electron chi connectivity index (χ1n) is 9.44. The van der Waals surface area contributed by atoms with Gasteiger partial charge in [0.2, 0.25) is 11.8 Å². The molecule has 0 aromatic heterocycles. The summed E-state index contributed by atoms with van der Waals surface area (Å²) in [5.74, 6) is 4.43. The Hall–Kier alpha value is -1.55. The average Bonchev–Trinajstić information content (AvgIpc) is 3.51. The number of ether oxygens (including phenoxy) is 2. The Kier molecular flexibility index (Phi) is 9.86. The molecule has 1 heterocycles. The maximum Gasteiger partial charge on any atom is 0.241 e. The van der Waals surface area contributed by atoms with Crippen LogP contribution >= 0.6 is 0 Å². The fourth-order valence-electron chi connectivity index (χ4n) is 2.22. The predicted octanol–water partition coefficient (Wildman–Crippen LogP) is -0.360. The minimum Gasteiger partial charge on any atom is -0.382 e. The number of epoxide rings is 1. The quantitative estimate of drug-likeness (QED) is 0.216. The fourth-order valence-corrected chi connectivity index (χ4v) is 2.22. The monoisotopic (exact) mass is 386 g/mol. The molecule has 2 fully saturated rings. The molecule has 2 rings (SSSR count). The molecular formula is C18H34N4O5. The third-order valence-corrected chi connectivity index (χ3v) is 4.09. The van der Waals surface area contributed by atoms with Crippen molar-refractivity contribution in [3.05, 3.63) is 0 Å².